The highest BCUT2D eigenvalue weighted by Gasteiger charge is 2.18. The monoisotopic (exact) mass is 1120 g/mol. The molecule has 0 bridgehead atoms. The number of carbonyl (C=O) groups excluding carboxylic acids is 2. The minimum absolute atomic E-state index is 0.000547. The Hall–Kier alpha value is -2.18. The number of allylic oxidation sites excluding steroid dienone is 7. The molecule has 0 aliphatic carbocycles. The standard InChI is InChI=1S/C74H139NO5/c1-3-5-7-9-11-13-15-17-19-20-21-22-27-30-33-36-39-42-46-50-54-58-62-66-72(77)71(70-76)75-73(78)67-63-59-55-51-47-43-40-37-34-31-28-25-23-24-26-29-32-35-38-41-45-49-53-57-61-65-69-80-74(79)68-64-60-56-52-48-44-18-16-14-12-10-8-6-4-2/h10,12,16,18,23,25,62,66,71-72,76-77H,3-9,11,13-15,17,19-22,24,26-61,63-65,67-70H2,1-2H3,(H,75,78)/b12-10-,18-16-,25-23-,66-62+. The highest BCUT2D eigenvalue weighted by molar-refractivity contribution is 5.76. The molecule has 0 aliphatic rings. The van der Waals surface area contributed by atoms with E-state index in [9.17, 15) is 19.8 Å². The molecule has 6 heteroatoms. The molecule has 0 spiro atoms. The van der Waals surface area contributed by atoms with Gasteiger partial charge in [0.2, 0.25) is 5.91 Å². The Kier molecular flexibility index (Phi) is 67.4. The number of carbonyl (C=O) groups is 2. The van der Waals surface area contributed by atoms with E-state index in [2.05, 4.69) is 55.6 Å². The molecule has 2 atom stereocenters. The molecule has 0 saturated heterocycles. The van der Waals surface area contributed by atoms with Crippen molar-refractivity contribution >= 4 is 11.9 Å². The van der Waals surface area contributed by atoms with E-state index in [1.54, 1.807) is 6.08 Å². The van der Waals surface area contributed by atoms with Gasteiger partial charge in [0.25, 0.3) is 0 Å². The average molecular weight is 1120 g/mol. The number of unbranched alkanes of at least 4 members (excludes halogenated alkanes) is 50. The van der Waals surface area contributed by atoms with Gasteiger partial charge in [0.05, 0.1) is 25.4 Å². The molecule has 3 N–H and O–H groups in total. The molecule has 0 fully saturated rings. The van der Waals surface area contributed by atoms with Crippen molar-refractivity contribution in [3.63, 3.8) is 0 Å². The number of rotatable bonds is 67. The van der Waals surface area contributed by atoms with Gasteiger partial charge in [0.15, 0.2) is 0 Å². The minimum atomic E-state index is -0.848. The van der Waals surface area contributed by atoms with Gasteiger partial charge in [-0.25, -0.2) is 0 Å². The molecule has 470 valence electrons. The number of hydrogen-bond donors (Lipinski definition) is 3. The number of amides is 1. The van der Waals surface area contributed by atoms with Crippen LogP contribution in [-0.2, 0) is 14.3 Å². The van der Waals surface area contributed by atoms with Crippen molar-refractivity contribution in [2.45, 2.75) is 398 Å². The zero-order chi connectivity index (χ0) is 57.8. The second-order valence-corrected chi connectivity index (χ2v) is 24.6. The Morgan fingerprint density at radius 2 is 0.637 bits per heavy atom. The van der Waals surface area contributed by atoms with Crippen LogP contribution in [-0.4, -0.2) is 47.4 Å². The topological polar surface area (TPSA) is 95.9 Å². The number of nitrogens with one attached hydrogen (secondary N) is 1. The van der Waals surface area contributed by atoms with Crippen LogP contribution in [0.15, 0.2) is 48.6 Å². The smallest absolute Gasteiger partial charge is 0.305 e. The fraction of sp³-hybridized carbons (Fsp3) is 0.865. The largest absolute Gasteiger partial charge is 0.466 e. The number of esters is 1. The normalized spacial score (nSPS) is 12.8. The van der Waals surface area contributed by atoms with E-state index in [1.165, 1.54) is 308 Å². The Labute approximate surface area is 499 Å². The van der Waals surface area contributed by atoms with Crippen LogP contribution in [0.2, 0.25) is 0 Å². The van der Waals surface area contributed by atoms with Crippen LogP contribution < -0.4 is 5.32 Å². The predicted octanol–water partition coefficient (Wildman–Crippen LogP) is 23.3. The van der Waals surface area contributed by atoms with Crippen molar-refractivity contribution in [1.82, 2.24) is 5.32 Å². The minimum Gasteiger partial charge on any atom is -0.466 e. The molecule has 0 aliphatic heterocycles. The molecule has 2 unspecified atom stereocenters. The number of hydrogen-bond acceptors (Lipinski definition) is 5. The van der Waals surface area contributed by atoms with Crippen LogP contribution in [0.1, 0.15) is 386 Å². The second-order valence-electron chi connectivity index (χ2n) is 24.6. The summed E-state index contributed by atoms with van der Waals surface area (Å²) in [5, 5.41) is 23.3. The van der Waals surface area contributed by atoms with E-state index >= 15 is 0 Å². The van der Waals surface area contributed by atoms with E-state index < -0.39 is 12.1 Å². The van der Waals surface area contributed by atoms with E-state index in [1.807, 2.05) is 6.08 Å². The predicted molar refractivity (Wildman–Crippen MR) is 352 cm³/mol. The maximum Gasteiger partial charge on any atom is 0.305 e. The van der Waals surface area contributed by atoms with E-state index in [4.69, 9.17) is 4.74 Å². The molecule has 0 radical (unpaired) electrons. The molecule has 6 nitrogen and oxygen atoms in total. The third kappa shape index (κ3) is 65.0. The first-order valence-corrected chi connectivity index (χ1v) is 35.9. The molecule has 0 aromatic rings. The molecular formula is C74H139NO5. The van der Waals surface area contributed by atoms with Gasteiger partial charge in [-0.15, -0.1) is 0 Å². The molecule has 0 rings (SSSR count). The Balaban J connectivity index is 3.43. The molecular weight excluding hydrogens is 983 g/mol. The van der Waals surface area contributed by atoms with Crippen LogP contribution in [0.3, 0.4) is 0 Å². The molecule has 0 aromatic heterocycles. The highest BCUT2D eigenvalue weighted by atomic mass is 16.5. The quantitative estimate of drug-likeness (QED) is 0.0320. The van der Waals surface area contributed by atoms with Gasteiger partial charge in [-0.05, 0) is 83.5 Å². The van der Waals surface area contributed by atoms with Crippen LogP contribution in [0.4, 0.5) is 0 Å². The van der Waals surface area contributed by atoms with Crippen molar-refractivity contribution in [2.75, 3.05) is 13.2 Å². The van der Waals surface area contributed by atoms with E-state index in [0.717, 1.165) is 51.4 Å². The third-order valence-corrected chi connectivity index (χ3v) is 16.6. The van der Waals surface area contributed by atoms with Gasteiger partial charge in [-0.1, -0.05) is 339 Å². The summed E-state index contributed by atoms with van der Waals surface area (Å²) in [6.45, 7) is 4.89. The lowest BCUT2D eigenvalue weighted by atomic mass is 10.0. The highest BCUT2D eigenvalue weighted by Crippen LogP contribution is 2.18. The first-order chi connectivity index (χ1) is 39.5. The van der Waals surface area contributed by atoms with Gasteiger partial charge in [0.1, 0.15) is 0 Å². The summed E-state index contributed by atoms with van der Waals surface area (Å²) < 4.78 is 5.48. The molecule has 80 heavy (non-hydrogen) atoms. The summed E-state index contributed by atoms with van der Waals surface area (Å²) in [6.07, 6.45) is 90.5. The van der Waals surface area contributed by atoms with Crippen molar-refractivity contribution in [1.29, 1.82) is 0 Å². The lowest BCUT2D eigenvalue weighted by Gasteiger charge is -2.20. The van der Waals surface area contributed by atoms with Crippen molar-refractivity contribution in [3.8, 4) is 0 Å². The van der Waals surface area contributed by atoms with Crippen molar-refractivity contribution in [3.05, 3.63) is 48.6 Å². The summed E-state index contributed by atoms with van der Waals surface area (Å²) in [6, 6.07) is -0.631. The van der Waals surface area contributed by atoms with Gasteiger partial charge >= 0.3 is 5.97 Å². The fourth-order valence-corrected chi connectivity index (χ4v) is 11.1. The zero-order valence-electron chi connectivity index (χ0n) is 53.8. The van der Waals surface area contributed by atoms with E-state index in [-0.39, 0.29) is 18.5 Å². The fourth-order valence-electron chi connectivity index (χ4n) is 11.1. The summed E-state index contributed by atoms with van der Waals surface area (Å²) in [5.74, 6) is -0.0670. The molecule has 1 amide bonds. The molecule has 0 saturated carbocycles. The SMILES string of the molecule is CCCC/C=C\C/C=C\CCCCCCCC(=O)OCCCCCCCCCCCCCC/C=C\CCCCCCCCCCCCC(=O)NC(CO)C(O)/C=C/CCCCCCCCCCCCCCCCCCCCCCC. The summed E-state index contributed by atoms with van der Waals surface area (Å²) in [5.41, 5.74) is 0. The number of aliphatic hydroxyl groups is 2. The zero-order valence-corrected chi connectivity index (χ0v) is 53.8. The van der Waals surface area contributed by atoms with Gasteiger partial charge < -0.3 is 20.3 Å². The molecule has 0 heterocycles. The maximum atomic E-state index is 12.5. The average Bonchev–Trinajstić information content (AvgIpc) is 3.46. The van der Waals surface area contributed by atoms with E-state index in [0.29, 0.717) is 19.4 Å². The van der Waals surface area contributed by atoms with Crippen LogP contribution in [0, 0.1) is 0 Å². The van der Waals surface area contributed by atoms with Gasteiger partial charge in [-0.3, -0.25) is 9.59 Å². The summed E-state index contributed by atoms with van der Waals surface area (Å²) in [4.78, 5) is 24.6. The Bertz CT molecular complexity index is 1340. The van der Waals surface area contributed by atoms with Crippen LogP contribution in [0.5, 0.6) is 0 Å². The van der Waals surface area contributed by atoms with Gasteiger partial charge in [-0.2, -0.15) is 0 Å². The summed E-state index contributed by atoms with van der Waals surface area (Å²) >= 11 is 0. The van der Waals surface area contributed by atoms with Crippen molar-refractivity contribution in [2.24, 2.45) is 0 Å². The van der Waals surface area contributed by atoms with Crippen LogP contribution >= 0.6 is 0 Å². The lowest BCUT2D eigenvalue weighted by Crippen LogP contribution is -2.45. The maximum absolute atomic E-state index is 12.5. The van der Waals surface area contributed by atoms with Crippen LogP contribution in [0.25, 0.3) is 0 Å². The van der Waals surface area contributed by atoms with Crippen molar-refractivity contribution < 1.29 is 24.5 Å². The summed E-state index contributed by atoms with van der Waals surface area (Å²) in [7, 11) is 0. The number of ether oxygens (including phenoxy) is 1. The Morgan fingerprint density at radius 1 is 0.350 bits per heavy atom. The Morgan fingerprint density at radius 3 is 1.00 bits per heavy atom. The molecule has 0 aromatic carbocycles. The number of aliphatic hydroxyl groups excluding tert-OH is 2. The lowest BCUT2D eigenvalue weighted by molar-refractivity contribution is -0.143. The first-order valence-electron chi connectivity index (χ1n) is 35.9. The second kappa shape index (κ2) is 69.3. The van der Waals surface area contributed by atoms with Gasteiger partial charge in [0, 0.05) is 12.8 Å². The third-order valence-electron chi connectivity index (χ3n) is 16.6. The first kappa shape index (κ1) is 77.8.